The van der Waals surface area contributed by atoms with Crippen molar-refractivity contribution >= 4 is 30.0 Å². The summed E-state index contributed by atoms with van der Waals surface area (Å²) in [6, 6.07) is 14.0. The Bertz CT molecular complexity index is 997. The molecule has 0 aromatic heterocycles. The fraction of sp³-hybridized carbons (Fsp3) is 0.480. The highest BCUT2D eigenvalue weighted by atomic mass is 16.6. The first-order valence-electron chi connectivity index (χ1n) is 12.2. The molecule has 1 atom stereocenters. The van der Waals surface area contributed by atoms with E-state index in [-0.39, 0.29) is 12.2 Å². The quantitative estimate of drug-likeness (QED) is 0.474. The molecule has 34 heavy (non-hydrogen) atoms. The molecule has 2 fully saturated rings. The smallest absolute Gasteiger partial charge is 0.494 e. The van der Waals surface area contributed by atoms with Gasteiger partial charge in [0.1, 0.15) is 11.9 Å². The van der Waals surface area contributed by atoms with Crippen LogP contribution in [-0.2, 0) is 16.0 Å². The number of benzene rings is 2. The standard InChI is InChI=1S/C25H32BN3O5/c1-2-22-17-29(25(30)34-22)21-9-7-20(8-10-21)28-14-12-27(13-15-28)11-4-16-32-23-6-3-5-19-18-33-26(31)24(19)23/h3,5-10,22,31H,2,4,11-18H2,1H3. The van der Waals surface area contributed by atoms with E-state index < -0.39 is 7.12 Å². The molecule has 0 bridgehead atoms. The Morgan fingerprint density at radius 2 is 1.85 bits per heavy atom. The van der Waals surface area contributed by atoms with Gasteiger partial charge in [0.05, 0.1) is 19.8 Å². The summed E-state index contributed by atoms with van der Waals surface area (Å²) in [6.45, 7) is 8.64. The van der Waals surface area contributed by atoms with Gasteiger partial charge in [-0.1, -0.05) is 19.1 Å². The maximum Gasteiger partial charge on any atom is 0.495 e. The molecular weight excluding hydrogens is 433 g/mol. The lowest BCUT2D eigenvalue weighted by atomic mass is 9.79. The second kappa shape index (κ2) is 10.3. The second-order valence-corrected chi connectivity index (χ2v) is 9.06. The highest BCUT2D eigenvalue weighted by Crippen LogP contribution is 2.26. The van der Waals surface area contributed by atoms with Gasteiger partial charge in [-0.2, -0.15) is 0 Å². The Hall–Kier alpha value is -2.75. The number of cyclic esters (lactones) is 1. The van der Waals surface area contributed by atoms with E-state index in [2.05, 4.69) is 21.9 Å². The van der Waals surface area contributed by atoms with E-state index in [0.717, 1.165) is 68.0 Å². The second-order valence-electron chi connectivity index (χ2n) is 9.06. The van der Waals surface area contributed by atoms with Crippen molar-refractivity contribution in [1.82, 2.24) is 4.90 Å². The Labute approximate surface area is 201 Å². The summed E-state index contributed by atoms with van der Waals surface area (Å²) in [5.74, 6) is 0.725. The molecule has 3 aliphatic heterocycles. The Morgan fingerprint density at radius 3 is 2.59 bits per heavy atom. The van der Waals surface area contributed by atoms with E-state index in [0.29, 0.717) is 19.8 Å². The minimum atomic E-state index is -0.884. The summed E-state index contributed by atoms with van der Waals surface area (Å²) >= 11 is 0. The fourth-order valence-corrected chi connectivity index (χ4v) is 4.86. The maximum absolute atomic E-state index is 12.1. The molecule has 3 heterocycles. The van der Waals surface area contributed by atoms with Gasteiger partial charge >= 0.3 is 13.2 Å². The lowest BCUT2D eigenvalue weighted by molar-refractivity contribution is 0.139. The molecule has 0 spiro atoms. The van der Waals surface area contributed by atoms with Crippen LogP contribution in [0.25, 0.3) is 0 Å². The molecule has 1 N–H and O–H groups in total. The summed E-state index contributed by atoms with van der Waals surface area (Å²) in [4.78, 5) is 18.7. The fourth-order valence-electron chi connectivity index (χ4n) is 4.86. The molecule has 2 aromatic rings. The van der Waals surface area contributed by atoms with Crippen molar-refractivity contribution in [2.24, 2.45) is 0 Å². The number of carbonyl (C=O) groups is 1. The van der Waals surface area contributed by atoms with Crippen LogP contribution in [0.3, 0.4) is 0 Å². The predicted molar refractivity (Wildman–Crippen MR) is 132 cm³/mol. The van der Waals surface area contributed by atoms with E-state index in [4.69, 9.17) is 14.1 Å². The zero-order chi connectivity index (χ0) is 23.5. The van der Waals surface area contributed by atoms with Crippen molar-refractivity contribution in [2.45, 2.75) is 32.5 Å². The topological polar surface area (TPSA) is 74.7 Å². The maximum atomic E-state index is 12.1. The van der Waals surface area contributed by atoms with Crippen LogP contribution in [0.2, 0.25) is 0 Å². The van der Waals surface area contributed by atoms with Gasteiger partial charge in [-0.3, -0.25) is 9.80 Å². The van der Waals surface area contributed by atoms with Crippen LogP contribution in [0.15, 0.2) is 42.5 Å². The van der Waals surface area contributed by atoms with Crippen molar-refractivity contribution in [1.29, 1.82) is 0 Å². The third kappa shape index (κ3) is 4.87. The lowest BCUT2D eigenvalue weighted by Crippen LogP contribution is -2.46. The number of hydrogen-bond acceptors (Lipinski definition) is 7. The zero-order valence-corrected chi connectivity index (χ0v) is 19.7. The summed E-state index contributed by atoms with van der Waals surface area (Å²) in [5.41, 5.74) is 3.85. The molecule has 2 saturated heterocycles. The minimum Gasteiger partial charge on any atom is -0.494 e. The van der Waals surface area contributed by atoms with Crippen molar-refractivity contribution in [3.05, 3.63) is 48.0 Å². The molecule has 9 heteroatoms. The summed E-state index contributed by atoms with van der Waals surface area (Å²) in [5, 5.41) is 10.0. The number of rotatable bonds is 8. The first kappa shape index (κ1) is 23.0. The Balaban J connectivity index is 1.05. The van der Waals surface area contributed by atoms with E-state index in [1.165, 1.54) is 5.69 Å². The van der Waals surface area contributed by atoms with E-state index >= 15 is 0 Å². The van der Waals surface area contributed by atoms with Gasteiger partial charge in [-0.15, -0.1) is 0 Å². The molecule has 1 unspecified atom stereocenters. The third-order valence-electron chi connectivity index (χ3n) is 6.90. The van der Waals surface area contributed by atoms with Gasteiger partial charge in [0, 0.05) is 49.6 Å². The molecule has 3 aliphatic rings. The van der Waals surface area contributed by atoms with Crippen molar-refractivity contribution in [3.8, 4) is 5.75 Å². The van der Waals surface area contributed by atoms with Gasteiger partial charge in [0.25, 0.3) is 0 Å². The van der Waals surface area contributed by atoms with Crippen LogP contribution in [0.4, 0.5) is 16.2 Å². The molecule has 8 nitrogen and oxygen atoms in total. The molecule has 1 amide bonds. The van der Waals surface area contributed by atoms with E-state index in [1.807, 2.05) is 37.3 Å². The van der Waals surface area contributed by atoms with Crippen LogP contribution < -0.4 is 20.0 Å². The molecule has 5 rings (SSSR count). The number of ether oxygens (including phenoxy) is 2. The molecule has 0 radical (unpaired) electrons. The number of piperazine rings is 1. The molecule has 0 saturated carbocycles. The summed E-state index contributed by atoms with van der Waals surface area (Å²) in [7, 11) is -0.884. The van der Waals surface area contributed by atoms with Crippen LogP contribution in [0, 0.1) is 0 Å². The van der Waals surface area contributed by atoms with Gasteiger partial charge in [0.15, 0.2) is 0 Å². The van der Waals surface area contributed by atoms with E-state index in [9.17, 15) is 9.82 Å². The van der Waals surface area contributed by atoms with Gasteiger partial charge in [0.2, 0.25) is 0 Å². The molecule has 2 aromatic carbocycles. The molecule has 0 aliphatic carbocycles. The number of anilines is 2. The van der Waals surface area contributed by atoms with Gasteiger partial charge < -0.3 is 24.1 Å². The summed E-state index contributed by atoms with van der Waals surface area (Å²) in [6.07, 6.45) is 1.50. The van der Waals surface area contributed by atoms with E-state index in [1.54, 1.807) is 4.90 Å². The highest BCUT2D eigenvalue weighted by molar-refractivity contribution is 6.62. The first-order valence-corrected chi connectivity index (χ1v) is 12.2. The van der Waals surface area contributed by atoms with Crippen LogP contribution in [-0.4, -0.2) is 75.1 Å². The van der Waals surface area contributed by atoms with Gasteiger partial charge in [-0.25, -0.2) is 4.79 Å². The normalized spacial score (nSPS) is 20.6. The molecular formula is C25H32BN3O5. The monoisotopic (exact) mass is 465 g/mol. The van der Waals surface area contributed by atoms with Crippen molar-refractivity contribution < 1.29 is 23.9 Å². The first-order chi connectivity index (χ1) is 16.6. The van der Waals surface area contributed by atoms with Gasteiger partial charge in [-0.05, 0) is 48.7 Å². The third-order valence-corrected chi connectivity index (χ3v) is 6.90. The largest absolute Gasteiger partial charge is 0.495 e. The lowest BCUT2D eigenvalue weighted by Gasteiger charge is -2.36. The van der Waals surface area contributed by atoms with Crippen LogP contribution >= 0.6 is 0 Å². The number of amides is 1. The number of carbonyl (C=O) groups excluding carboxylic acids is 1. The van der Waals surface area contributed by atoms with Crippen LogP contribution in [0.1, 0.15) is 25.3 Å². The number of fused-ring (bicyclic) bond motifs is 1. The van der Waals surface area contributed by atoms with Crippen molar-refractivity contribution in [2.75, 3.05) is 55.7 Å². The highest BCUT2D eigenvalue weighted by Gasteiger charge is 2.32. The van der Waals surface area contributed by atoms with Crippen LogP contribution in [0.5, 0.6) is 5.75 Å². The minimum absolute atomic E-state index is 0.0141. The average Bonchev–Trinajstić information content (AvgIpc) is 3.45. The average molecular weight is 465 g/mol. The molecule has 180 valence electrons. The predicted octanol–water partition coefficient (Wildman–Crippen LogP) is 2.23. The number of hydrogen-bond donors (Lipinski definition) is 1. The summed E-state index contributed by atoms with van der Waals surface area (Å²) < 4.78 is 16.6. The zero-order valence-electron chi connectivity index (χ0n) is 19.7. The SMILES string of the molecule is CCC1CN(c2ccc(N3CCN(CCCOc4cccc5c4B(O)OC5)CC3)cc2)C(=O)O1. The van der Waals surface area contributed by atoms with Crippen molar-refractivity contribution in [3.63, 3.8) is 0 Å². The Morgan fingerprint density at radius 1 is 1.09 bits per heavy atom. The number of nitrogens with zero attached hydrogens (tertiary/aromatic N) is 3. The Kier molecular flexibility index (Phi) is 6.94.